The van der Waals surface area contributed by atoms with E-state index >= 15 is 0 Å². The Morgan fingerprint density at radius 2 is 2.09 bits per heavy atom. The van der Waals surface area contributed by atoms with E-state index in [-0.39, 0.29) is 12.0 Å². The quantitative estimate of drug-likeness (QED) is 0.354. The number of fused-ring (bicyclic) bond motifs is 1. The number of carbonyl (C=O) groups excluding carboxylic acids is 1. The van der Waals surface area contributed by atoms with E-state index in [4.69, 9.17) is 9.47 Å². The predicted octanol–water partition coefficient (Wildman–Crippen LogP) is 5.84. The van der Waals surface area contributed by atoms with Crippen LogP contribution in [-0.2, 0) is 22.4 Å². The van der Waals surface area contributed by atoms with Crippen LogP contribution in [0.15, 0.2) is 21.6 Å². The molecular weight excluding hydrogens is 492 g/mol. The van der Waals surface area contributed by atoms with Gasteiger partial charge in [0.1, 0.15) is 11.1 Å². The van der Waals surface area contributed by atoms with Gasteiger partial charge in [0.25, 0.3) is 0 Å². The zero-order valence-corrected chi connectivity index (χ0v) is 21.4. The number of benzene rings is 1. The van der Waals surface area contributed by atoms with E-state index < -0.39 is 5.97 Å². The molecule has 1 heterocycles. The highest BCUT2D eigenvalue weighted by molar-refractivity contribution is 9.10. The van der Waals surface area contributed by atoms with Crippen molar-refractivity contribution in [3.05, 3.63) is 38.2 Å². The molecule has 0 fully saturated rings. The first-order valence-electron chi connectivity index (χ1n) is 10.3. The van der Waals surface area contributed by atoms with Gasteiger partial charge >= 0.3 is 5.97 Å². The molecule has 0 spiro atoms. The zero-order valence-electron chi connectivity index (χ0n) is 19.0. The Morgan fingerprint density at radius 3 is 2.72 bits per heavy atom. The Kier molecular flexibility index (Phi) is 7.63. The van der Waals surface area contributed by atoms with E-state index in [9.17, 15) is 10.1 Å². The lowest BCUT2D eigenvalue weighted by Crippen LogP contribution is -2.26. The van der Waals surface area contributed by atoms with E-state index in [1.165, 1.54) is 19.1 Å². The number of rotatable bonds is 6. The molecule has 1 atom stereocenters. The number of thiophene rings is 1. The molecule has 0 bridgehead atoms. The number of halogens is 1. The van der Waals surface area contributed by atoms with Crippen LogP contribution in [0.4, 0.5) is 5.00 Å². The summed E-state index contributed by atoms with van der Waals surface area (Å²) < 4.78 is 16.2. The summed E-state index contributed by atoms with van der Waals surface area (Å²) in [6, 6.07) is 5.87. The predicted molar refractivity (Wildman–Crippen MR) is 129 cm³/mol. The van der Waals surface area contributed by atoms with Crippen molar-refractivity contribution in [1.29, 1.82) is 5.26 Å². The van der Waals surface area contributed by atoms with Gasteiger partial charge in [-0.3, -0.25) is 0 Å². The summed E-state index contributed by atoms with van der Waals surface area (Å²) >= 11 is 5.14. The van der Waals surface area contributed by atoms with Crippen molar-refractivity contribution in [2.45, 2.75) is 40.0 Å². The Hall–Kier alpha value is -2.37. The number of hydrogen-bond acceptors (Lipinski definition) is 7. The first-order chi connectivity index (χ1) is 15.2. The Balaban J connectivity index is 1.87. The highest BCUT2D eigenvalue weighted by Crippen LogP contribution is 2.45. The fourth-order valence-electron chi connectivity index (χ4n) is 3.76. The second-order valence-electron chi connectivity index (χ2n) is 8.75. The van der Waals surface area contributed by atoms with Gasteiger partial charge in [-0.2, -0.15) is 5.26 Å². The summed E-state index contributed by atoms with van der Waals surface area (Å²) in [5.74, 6) is 1.01. The number of carbonyl (C=O) groups is 1. The van der Waals surface area contributed by atoms with Crippen molar-refractivity contribution in [3.63, 3.8) is 0 Å². The summed E-state index contributed by atoms with van der Waals surface area (Å²) in [5.41, 5.74) is 2.87. The molecule has 1 aliphatic carbocycles. The highest BCUT2D eigenvalue weighted by atomic mass is 79.9. The highest BCUT2D eigenvalue weighted by Gasteiger charge is 2.32. The van der Waals surface area contributed by atoms with Gasteiger partial charge < -0.3 is 14.2 Å². The standard InChI is InChI=1S/C24H27BrN2O4S/c1-24(2,3)15-6-7-16-17(11-26)23(32-21(16)9-15)27-12-14-8-19(29-4)20(10-18(14)25)31-13-22(28)30-5/h8,10,12,15H,6-7,9,13H2,1-5H3/t15-/m0/s1. The molecule has 0 N–H and O–H groups in total. The average molecular weight is 519 g/mol. The zero-order chi connectivity index (χ0) is 23.5. The third-order valence-corrected chi connectivity index (χ3v) is 7.61. The van der Waals surface area contributed by atoms with Crippen LogP contribution in [0.5, 0.6) is 11.5 Å². The normalized spacial score (nSPS) is 15.8. The molecule has 1 aromatic heterocycles. The maximum absolute atomic E-state index is 11.4. The molecule has 32 heavy (non-hydrogen) atoms. The second-order valence-corrected chi connectivity index (χ2v) is 10.7. The fraction of sp³-hybridized carbons (Fsp3) is 0.458. The summed E-state index contributed by atoms with van der Waals surface area (Å²) in [7, 11) is 2.83. The maximum atomic E-state index is 11.4. The smallest absolute Gasteiger partial charge is 0.343 e. The molecule has 0 aliphatic heterocycles. The van der Waals surface area contributed by atoms with Gasteiger partial charge in [-0.15, -0.1) is 11.3 Å². The molecular formula is C24H27BrN2O4S. The van der Waals surface area contributed by atoms with Gasteiger partial charge in [0.05, 0.1) is 19.8 Å². The summed E-state index contributed by atoms with van der Waals surface area (Å²) in [6.07, 6.45) is 4.74. The van der Waals surface area contributed by atoms with Gasteiger partial charge in [-0.05, 0) is 64.2 Å². The summed E-state index contributed by atoms with van der Waals surface area (Å²) in [4.78, 5) is 17.3. The Bertz CT molecular complexity index is 1080. The largest absolute Gasteiger partial charge is 0.493 e. The number of nitrogens with zero attached hydrogens (tertiary/aromatic N) is 2. The van der Waals surface area contributed by atoms with Crippen molar-refractivity contribution in [1.82, 2.24) is 0 Å². The van der Waals surface area contributed by atoms with Crippen LogP contribution >= 0.6 is 27.3 Å². The number of esters is 1. The maximum Gasteiger partial charge on any atom is 0.343 e. The van der Waals surface area contributed by atoms with Crippen molar-refractivity contribution < 1.29 is 19.0 Å². The minimum absolute atomic E-state index is 0.214. The molecule has 0 unspecified atom stereocenters. The van der Waals surface area contributed by atoms with Crippen LogP contribution in [0.25, 0.3) is 0 Å². The Morgan fingerprint density at radius 1 is 1.34 bits per heavy atom. The van der Waals surface area contributed by atoms with Crippen molar-refractivity contribution in [2.75, 3.05) is 20.8 Å². The summed E-state index contributed by atoms with van der Waals surface area (Å²) in [6.45, 7) is 6.63. The molecule has 0 saturated heterocycles. The van der Waals surface area contributed by atoms with E-state index in [2.05, 4.69) is 52.5 Å². The molecule has 1 aromatic carbocycles. The number of aliphatic imine (C=N–C) groups is 1. The van der Waals surface area contributed by atoms with Gasteiger partial charge in [0.2, 0.25) is 0 Å². The topological polar surface area (TPSA) is 80.9 Å². The van der Waals surface area contributed by atoms with Crippen LogP contribution in [0, 0.1) is 22.7 Å². The first kappa shape index (κ1) is 24.3. The van der Waals surface area contributed by atoms with Gasteiger partial charge in [-0.25, -0.2) is 9.79 Å². The molecule has 1 aliphatic rings. The lowest BCUT2D eigenvalue weighted by Gasteiger charge is -2.33. The molecule has 6 nitrogen and oxygen atoms in total. The van der Waals surface area contributed by atoms with Gasteiger partial charge in [-0.1, -0.05) is 20.8 Å². The van der Waals surface area contributed by atoms with Crippen LogP contribution in [0.2, 0.25) is 0 Å². The molecule has 170 valence electrons. The third kappa shape index (κ3) is 5.33. The number of methoxy groups -OCH3 is 2. The molecule has 8 heteroatoms. The van der Waals surface area contributed by atoms with Crippen molar-refractivity contribution in [2.24, 2.45) is 16.3 Å². The van der Waals surface area contributed by atoms with Gasteiger partial charge in [0.15, 0.2) is 18.1 Å². The molecule has 0 radical (unpaired) electrons. The SMILES string of the molecule is COC(=O)COc1cc(Br)c(C=Nc2sc3c(c2C#N)CC[C@H](C(C)(C)C)C3)cc1OC. The number of nitriles is 1. The monoisotopic (exact) mass is 518 g/mol. The second kappa shape index (κ2) is 10.1. The van der Waals surface area contributed by atoms with Crippen LogP contribution < -0.4 is 9.47 Å². The Labute approximate surface area is 201 Å². The van der Waals surface area contributed by atoms with E-state index in [0.717, 1.165) is 39.9 Å². The van der Waals surface area contributed by atoms with E-state index in [1.807, 2.05) is 0 Å². The minimum atomic E-state index is -0.479. The van der Waals surface area contributed by atoms with Crippen molar-refractivity contribution >= 4 is 44.5 Å². The van der Waals surface area contributed by atoms with E-state index in [0.29, 0.717) is 23.0 Å². The molecule has 0 amide bonds. The number of hydrogen-bond donors (Lipinski definition) is 0. The van der Waals surface area contributed by atoms with Crippen LogP contribution in [0.1, 0.15) is 48.8 Å². The molecule has 0 saturated carbocycles. The van der Waals surface area contributed by atoms with Gasteiger partial charge in [0, 0.05) is 21.1 Å². The minimum Gasteiger partial charge on any atom is -0.493 e. The average Bonchev–Trinajstić information content (AvgIpc) is 3.12. The summed E-state index contributed by atoms with van der Waals surface area (Å²) in [5, 5.41) is 10.5. The molecule has 2 aromatic rings. The fourth-order valence-corrected chi connectivity index (χ4v) is 5.41. The number of ether oxygens (including phenoxy) is 3. The lowest BCUT2D eigenvalue weighted by molar-refractivity contribution is -0.142. The van der Waals surface area contributed by atoms with Crippen LogP contribution in [0.3, 0.4) is 0 Å². The first-order valence-corrected chi connectivity index (χ1v) is 11.9. The third-order valence-electron chi connectivity index (χ3n) is 5.76. The lowest BCUT2D eigenvalue weighted by atomic mass is 9.72. The van der Waals surface area contributed by atoms with E-state index in [1.54, 1.807) is 29.7 Å². The van der Waals surface area contributed by atoms with Crippen LogP contribution in [-0.4, -0.2) is 33.0 Å². The molecule has 3 rings (SSSR count). The van der Waals surface area contributed by atoms with Crippen molar-refractivity contribution in [3.8, 4) is 17.6 Å².